The molecule has 1 aliphatic heterocycles. The normalized spacial score (nSPS) is 20.4. The minimum Gasteiger partial charge on any atom is -0.466 e. The summed E-state index contributed by atoms with van der Waals surface area (Å²) in [5, 5.41) is 8.77. The predicted molar refractivity (Wildman–Crippen MR) is 62.1 cm³/mol. The fourth-order valence-electron chi connectivity index (χ4n) is 2.09. The molecule has 1 atom stereocenters. The topological polar surface area (TPSA) is 57.2 Å². The summed E-state index contributed by atoms with van der Waals surface area (Å²) in [7, 11) is 0. The van der Waals surface area contributed by atoms with Crippen LogP contribution in [0.4, 0.5) is 0 Å². The molecule has 2 rings (SSSR count). The van der Waals surface area contributed by atoms with Crippen molar-refractivity contribution in [1.29, 1.82) is 5.26 Å². The summed E-state index contributed by atoms with van der Waals surface area (Å²) in [5.74, 6) is 1.81. The monoisotopic (exact) mass is 232 g/mol. The highest BCUT2D eigenvalue weighted by molar-refractivity contribution is 5.77. The molecule has 2 heterocycles. The first-order chi connectivity index (χ1) is 8.19. The van der Waals surface area contributed by atoms with Crippen molar-refractivity contribution in [2.45, 2.75) is 26.2 Å². The van der Waals surface area contributed by atoms with Crippen molar-refractivity contribution in [2.24, 2.45) is 5.92 Å². The molecule has 0 N–H and O–H groups in total. The molecule has 4 heteroatoms. The van der Waals surface area contributed by atoms with Crippen LogP contribution >= 0.6 is 0 Å². The van der Waals surface area contributed by atoms with Gasteiger partial charge in [-0.2, -0.15) is 5.26 Å². The lowest BCUT2D eigenvalue weighted by molar-refractivity contribution is -0.134. The van der Waals surface area contributed by atoms with Gasteiger partial charge in [0.2, 0.25) is 5.91 Å². The van der Waals surface area contributed by atoms with Gasteiger partial charge in [-0.3, -0.25) is 4.79 Å². The van der Waals surface area contributed by atoms with Crippen molar-refractivity contribution in [3.8, 4) is 6.07 Å². The smallest absolute Gasteiger partial charge is 0.223 e. The van der Waals surface area contributed by atoms with Crippen molar-refractivity contribution >= 4 is 5.91 Å². The lowest BCUT2D eigenvalue weighted by Crippen LogP contribution is -2.39. The van der Waals surface area contributed by atoms with Crippen LogP contribution < -0.4 is 0 Å². The van der Waals surface area contributed by atoms with Crippen molar-refractivity contribution in [3.05, 3.63) is 23.7 Å². The molecular formula is C13H16N2O2. The number of likely N-dealkylation sites (tertiary alicyclic amines) is 1. The van der Waals surface area contributed by atoms with Crippen LogP contribution in [-0.2, 0) is 11.2 Å². The number of nitriles is 1. The van der Waals surface area contributed by atoms with Gasteiger partial charge in [-0.05, 0) is 25.5 Å². The summed E-state index contributed by atoms with van der Waals surface area (Å²) in [6, 6.07) is 6.04. The third-order valence-corrected chi connectivity index (χ3v) is 3.13. The lowest BCUT2D eigenvalue weighted by atomic mass is 9.98. The standard InChI is InChI=1S/C13H16N2O2/c1-10-2-3-12(17-10)5-7-15-6-4-11(9-14)8-13(15)16/h2-3,11H,4-8H2,1H3. The van der Waals surface area contributed by atoms with Crippen LogP contribution in [0.3, 0.4) is 0 Å². The van der Waals surface area contributed by atoms with Gasteiger partial charge >= 0.3 is 0 Å². The number of hydrogen-bond donors (Lipinski definition) is 0. The van der Waals surface area contributed by atoms with Crippen LogP contribution in [0, 0.1) is 24.2 Å². The van der Waals surface area contributed by atoms with Gasteiger partial charge < -0.3 is 9.32 Å². The Bertz CT molecular complexity index is 445. The van der Waals surface area contributed by atoms with Crippen LogP contribution in [0.5, 0.6) is 0 Å². The highest BCUT2D eigenvalue weighted by atomic mass is 16.3. The molecule has 0 bridgehead atoms. The summed E-state index contributed by atoms with van der Waals surface area (Å²) >= 11 is 0. The molecule has 90 valence electrons. The maximum absolute atomic E-state index is 11.7. The van der Waals surface area contributed by atoms with Gasteiger partial charge in [0, 0.05) is 25.9 Å². The van der Waals surface area contributed by atoms with Gasteiger partial charge in [0.1, 0.15) is 11.5 Å². The Morgan fingerprint density at radius 2 is 2.41 bits per heavy atom. The third kappa shape index (κ3) is 2.88. The van der Waals surface area contributed by atoms with E-state index in [-0.39, 0.29) is 11.8 Å². The Hall–Kier alpha value is -1.76. The van der Waals surface area contributed by atoms with E-state index in [1.165, 1.54) is 0 Å². The second-order valence-corrected chi connectivity index (χ2v) is 4.46. The largest absolute Gasteiger partial charge is 0.466 e. The number of amides is 1. The van der Waals surface area contributed by atoms with Crippen molar-refractivity contribution < 1.29 is 9.21 Å². The zero-order valence-electron chi connectivity index (χ0n) is 9.98. The zero-order chi connectivity index (χ0) is 12.3. The Kier molecular flexibility index (Phi) is 3.48. The van der Waals surface area contributed by atoms with E-state index in [4.69, 9.17) is 9.68 Å². The molecule has 1 fully saturated rings. The maximum Gasteiger partial charge on any atom is 0.223 e. The average molecular weight is 232 g/mol. The minimum atomic E-state index is -0.0930. The van der Waals surface area contributed by atoms with Crippen LogP contribution in [0.1, 0.15) is 24.4 Å². The molecular weight excluding hydrogens is 216 g/mol. The maximum atomic E-state index is 11.7. The SMILES string of the molecule is Cc1ccc(CCN2CCC(C#N)CC2=O)o1. The Labute approximate surface area is 101 Å². The van der Waals surface area contributed by atoms with Gasteiger partial charge in [-0.15, -0.1) is 0 Å². The van der Waals surface area contributed by atoms with E-state index >= 15 is 0 Å². The number of carbonyl (C=O) groups excluding carboxylic acids is 1. The van der Waals surface area contributed by atoms with Gasteiger partial charge in [0.25, 0.3) is 0 Å². The number of piperidine rings is 1. The number of furan rings is 1. The number of nitrogens with zero attached hydrogens (tertiary/aromatic N) is 2. The molecule has 1 aromatic heterocycles. The highest BCUT2D eigenvalue weighted by Crippen LogP contribution is 2.18. The number of carbonyl (C=O) groups is 1. The first kappa shape index (κ1) is 11.7. The van der Waals surface area contributed by atoms with E-state index in [2.05, 4.69) is 6.07 Å². The van der Waals surface area contributed by atoms with Crippen molar-refractivity contribution in [2.75, 3.05) is 13.1 Å². The Balaban J connectivity index is 1.84. The molecule has 0 aliphatic carbocycles. The summed E-state index contributed by atoms with van der Waals surface area (Å²) in [6.45, 7) is 3.29. The second kappa shape index (κ2) is 5.05. The fourth-order valence-corrected chi connectivity index (χ4v) is 2.09. The number of aryl methyl sites for hydroxylation is 1. The van der Waals surface area contributed by atoms with E-state index in [9.17, 15) is 4.79 Å². The predicted octanol–water partition coefficient (Wildman–Crippen LogP) is 1.89. The fraction of sp³-hybridized carbons (Fsp3) is 0.538. The molecule has 1 aromatic rings. The number of hydrogen-bond acceptors (Lipinski definition) is 3. The molecule has 0 saturated carbocycles. The van der Waals surface area contributed by atoms with Gasteiger partial charge in [0.05, 0.1) is 12.0 Å². The summed E-state index contributed by atoms with van der Waals surface area (Å²) < 4.78 is 5.46. The van der Waals surface area contributed by atoms with Crippen molar-refractivity contribution in [3.63, 3.8) is 0 Å². The molecule has 1 amide bonds. The van der Waals surface area contributed by atoms with Crippen LogP contribution in [0.2, 0.25) is 0 Å². The molecule has 0 spiro atoms. The Morgan fingerprint density at radius 3 is 3.00 bits per heavy atom. The van der Waals surface area contributed by atoms with Gasteiger partial charge in [-0.1, -0.05) is 0 Å². The van der Waals surface area contributed by atoms with Crippen LogP contribution in [-0.4, -0.2) is 23.9 Å². The third-order valence-electron chi connectivity index (χ3n) is 3.13. The zero-order valence-corrected chi connectivity index (χ0v) is 9.98. The molecule has 1 saturated heterocycles. The summed E-state index contributed by atoms with van der Waals surface area (Å²) in [6.07, 6.45) is 1.91. The Morgan fingerprint density at radius 1 is 1.59 bits per heavy atom. The first-order valence-electron chi connectivity index (χ1n) is 5.92. The summed E-state index contributed by atoms with van der Waals surface area (Å²) in [5.41, 5.74) is 0. The second-order valence-electron chi connectivity index (χ2n) is 4.46. The first-order valence-corrected chi connectivity index (χ1v) is 5.92. The minimum absolute atomic E-state index is 0.0890. The van der Waals surface area contributed by atoms with Crippen LogP contribution in [0.25, 0.3) is 0 Å². The van der Waals surface area contributed by atoms with E-state index in [0.29, 0.717) is 19.5 Å². The molecule has 1 aliphatic rings. The van der Waals surface area contributed by atoms with E-state index in [1.54, 1.807) is 0 Å². The van der Waals surface area contributed by atoms with Gasteiger partial charge in [0.15, 0.2) is 0 Å². The molecule has 1 unspecified atom stereocenters. The van der Waals surface area contributed by atoms with Gasteiger partial charge in [-0.25, -0.2) is 0 Å². The molecule has 17 heavy (non-hydrogen) atoms. The average Bonchev–Trinajstić information content (AvgIpc) is 2.73. The molecule has 4 nitrogen and oxygen atoms in total. The number of rotatable bonds is 3. The molecule has 0 aromatic carbocycles. The lowest BCUT2D eigenvalue weighted by Gasteiger charge is -2.28. The van der Waals surface area contributed by atoms with E-state index < -0.39 is 0 Å². The summed E-state index contributed by atoms with van der Waals surface area (Å²) in [4.78, 5) is 13.6. The van der Waals surface area contributed by atoms with Crippen LogP contribution in [0.15, 0.2) is 16.5 Å². The highest BCUT2D eigenvalue weighted by Gasteiger charge is 2.25. The van der Waals surface area contributed by atoms with E-state index in [0.717, 1.165) is 24.4 Å². The van der Waals surface area contributed by atoms with E-state index in [1.807, 2.05) is 24.0 Å². The van der Waals surface area contributed by atoms with Crippen molar-refractivity contribution in [1.82, 2.24) is 4.90 Å². The molecule has 0 radical (unpaired) electrons. The quantitative estimate of drug-likeness (QED) is 0.799.